The van der Waals surface area contributed by atoms with Gasteiger partial charge >= 0.3 is 0 Å². The fourth-order valence-electron chi connectivity index (χ4n) is 5.11. The van der Waals surface area contributed by atoms with E-state index in [4.69, 9.17) is 25.0 Å². The maximum absolute atomic E-state index is 9.50. The van der Waals surface area contributed by atoms with Gasteiger partial charge in [-0.2, -0.15) is 0 Å². The van der Waals surface area contributed by atoms with E-state index in [1.54, 1.807) is 0 Å². The molecule has 1 heterocycles. The van der Waals surface area contributed by atoms with Crippen LogP contribution in [0.3, 0.4) is 0 Å². The number of furan rings is 1. The van der Waals surface area contributed by atoms with Gasteiger partial charge < -0.3 is 4.42 Å². The summed E-state index contributed by atoms with van der Waals surface area (Å²) in [6, 6.07) is -23.3. The first-order valence-electron chi connectivity index (χ1n) is 25.7. The van der Waals surface area contributed by atoms with Crippen molar-refractivity contribution in [1.82, 2.24) is 0 Å². The Balaban J connectivity index is 1.55. The third kappa shape index (κ3) is 3.72. The Morgan fingerprint density at radius 3 is 1.53 bits per heavy atom. The van der Waals surface area contributed by atoms with Crippen molar-refractivity contribution in [3.63, 3.8) is 0 Å². The lowest BCUT2D eigenvalue weighted by molar-refractivity contribution is 0.669. The van der Waals surface area contributed by atoms with E-state index in [0.717, 1.165) is 0 Å². The Labute approximate surface area is 285 Å². The largest absolute Gasteiger partial charge is 0.456 e. The Morgan fingerprint density at radius 2 is 0.837 bits per heavy atom. The quantitative estimate of drug-likeness (QED) is 0.192. The van der Waals surface area contributed by atoms with Gasteiger partial charge in [-0.15, -0.1) is 0 Å². The zero-order valence-corrected chi connectivity index (χ0v) is 21.4. The van der Waals surface area contributed by atoms with Gasteiger partial charge in [0.2, 0.25) is 0 Å². The molecule has 0 spiro atoms. The van der Waals surface area contributed by atoms with Crippen molar-refractivity contribution in [3.05, 3.63) is 157 Å². The van der Waals surface area contributed by atoms with Crippen LogP contribution < -0.4 is 0 Å². The van der Waals surface area contributed by atoms with Gasteiger partial charge in [0.25, 0.3) is 0 Å². The summed E-state index contributed by atoms with van der Waals surface area (Å²) < 4.78 is 237. The topological polar surface area (TPSA) is 13.1 Å². The van der Waals surface area contributed by atoms with Crippen LogP contribution in [-0.4, -0.2) is 0 Å². The molecule has 9 rings (SSSR count). The predicted octanol–water partition coefficient (Wildman–Crippen LogP) is 12.0. The second kappa shape index (κ2) is 9.44. The molecule has 0 aliphatic carbocycles. The molecule has 0 fully saturated rings. The number of para-hydroxylation sites is 1. The number of fused-ring (bicyclic) bond motifs is 6. The Bertz CT molecular complexity index is 3850. The third-order valence-corrected chi connectivity index (χ3v) is 6.95. The number of hydrogen-bond acceptors (Lipinski definition) is 1. The molecule has 0 N–H and O–H groups in total. The summed E-state index contributed by atoms with van der Waals surface area (Å²) in [6.07, 6.45) is 0. The molecule has 8 aromatic carbocycles. The van der Waals surface area contributed by atoms with Crippen LogP contribution in [-0.2, 0) is 0 Å². The van der Waals surface area contributed by atoms with Crippen LogP contribution >= 0.6 is 0 Å². The van der Waals surface area contributed by atoms with Crippen molar-refractivity contribution >= 4 is 54.3 Å². The normalized spacial score (nSPS) is 20.2. The Morgan fingerprint density at radius 1 is 0.349 bits per heavy atom. The molecule has 0 unspecified atom stereocenters. The molecular weight excluding hydrogens is 520 g/mol. The zero-order valence-electron chi connectivity index (χ0n) is 47.4. The number of benzene rings is 8. The van der Waals surface area contributed by atoms with E-state index in [-0.39, 0.29) is 5.39 Å². The van der Waals surface area contributed by atoms with Crippen LogP contribution in [0, 0.1) is 0 Å². The van der Waals surface area contributed by atoms with E-state index >= 15 is 0 Å². The summed E-state index contributed by atoms with van der Waals surface area (Å²) in [5.41, 5.74) is -5.56. The van der Waals surface area contributed by atoms with Gasteiger partial charge in [0.1, 0.15) is 11.2 Å². The summed E-state index contributed by atoms with van der Waals surface area (Å²) in [4.78, 5) is 0. The van der Waals surface area contributed by atoms with Crippen molar-refractivity contribution in [2.45, 2.75) is 0 Å². The summed E-state index contributed by atoms with van der Waals surface area (Å²) >= 11 is 0. The molecule has 9 aromatic rings. The van der Waals surface area contributed by atoms with E-state index in [1.807, 2.05) is 0 Å². The monoisotopic (exact) mass is 572 g/mol. The van der Waals surface area contributed by atoms with Crippen molar-refractivity contribution in [3.8, 4) is 33.4 Å². The molecule has 1 nitrogen and oxygen atoms in total. The summed E-state index contributed by atoms with van der Waals surface area (Å²) in [6.45, 7) is 0. The smallest absolute Gasteiger partial charge is 0.136 e. The fourth-order valence-corrected chi connectivity index (χ4v) is 5.11. The highest BCUT2D eigenvalue weighted by molar-refractivity contribution is 6.22. The van der Waals surface area contributed by atoms with Crippen LogP contribution in [0.15, 0.2) is 162 Å². The van der Waals surface area contributed by atoms with Crippen LogP contribution in [0.5, 0.6) is 0 Å². The third-order valence-electron chi connectivity index (χ3n) is 6.95. The lowest BCUT2D eigenvalue weighted by Gasteiger charge is -2.18. The van der Waals surface area contributed by atoms with Gasteiger partial charge in [0, 0.05) is 10.8 Å². The Hall–Kier alpha value is -5.66. The second-order valence-electron chi connectivity index (χ2n) is 9.26. The molecule has 0 bridgehead atoms. The van der Waals surface area contributed by atoms with Crippen LogP contribution in [0.2, 0.25) is 0 Å². The van der Waals surface area contributed by atoms with E-state index in [1.165, 1.54) is 0 Å². The van der Waals surface area contributed by atoms with Gasteiger partial charge in [-0.1, -0.05) is 139 Å². The van der Waals surface area contributed by atoms with Gasteiger partial charge in [-0.3, -0.25) is 0 Å². The SMILES string of the molecule is [2H]c1c([2H])c(-c2c3c([2H])c([2H])c([2H])c([2H])c3c(-c3c([2H])c([2H])c4c(oc5c([2H])c([2H])c([2H])c([2H])c54)c3[2H])c3c([2H])c([2H])c([2H])c([2H])c23)c([2H])c([2H])c1-c1c([2H])c([2H])c([2H])c2c([2H])c([2H])c([2H])c([2H])c12. The van der Waals surface area contributed by atoms with Gasteiger partial charge in [0.05, 0.1) is 35.6 Å². The van der Waals surface area contributed by atoms with Gasteiger partial charge in [-0.05, 0) is 83.8 Å². The summed E-state index contributed by atoms with van der Waals surface area (Å²) in [5, 5.41) is -4.77. The molecule has 1 heteroatoms. The van der Waals surface area contributed by atoms with Gasteiger partial charge in [0.15, 0.2) is 0 Å². The minimum Gasteiger partial charge on any atom is -0.456 e. The number of rotatable bonds is 3. The van der Waals surface area contributed by atoms with Crippen LogP contribution in [0.4, 0.5) is 0 Å². The highest BCUT2D eigenvalue weighted by Crippen LogP contribution is 2.45. The van der Waals surface area contributed by atoms with Crippen molar-refractivity contribution in [2.24, 2.45) is 0 Å². The minimum atomic E-state index is -1.07. The lowest BCUT2D eigenvalue weighted by Crippen LogP contribution is -1.91. The first kappa shape index (κ1) is 9.69. The summed E-state index contributed by atoms with van der Waals surface area (Å²) in [5.74, 6) is 0. The molecule has 0 aliphatic heterocycles. The van der Waals surface area contributed by atoms with E-state index in [0.29, 0.717) is 0 Å². The van der Waals surface area contributed by atoms with E-state index in [2.05, 4.69) is 0 Å². The Kier molecular flexibility index (Phi) is 2.13. The maximum atomic E-state index is 9.50. The molecule has 1 aromatic heterocycles. The second-order valence-corrected chi connectivity index (χ2v) is 9.26. The van der Waals surface area contributed by atoms with Gasteiger partial charge in [-0.25, -0.2) is 0 Å². The first-order valence-corrected chi connectivity index (χ1v) is 12.7. The average molecular weight is 573 g/mol. The highest BCUT2D eigenvalue weighted by Gasteiger charge is 2.18. The maximum Gasteiger partial charge on any atom is 0.136 e. The van der Waals surface area contributed by atoms with Crippen molar-refractivity contribution in [1.29, 1.82) is 0 Å². The van der Waals surface area contributed by atoms with Crippen molar-refractivity contribution < 1.29 is 40.1 Å². The zero-order chi connectivity index (χ0) is 51.0. The van der Waals surface area contributed by atoms with E-state index < -0.39 is 239 Å². The molecule has 0 radical (unpaired) electrons. The molecule has 0 atom stereocenters. The molecule has 200 valence electrons. The van der Waals surface area contributed by atoms with Crippen LogP contribution in [0.1, 0.15) is 35.6 Å². The number of hydrogen-bond donors (Lipinski definition) is 0. The molecule has 0 amide bonds. The molecule has 0 saturated carbocycles. The minimum absolute atomic E-state index is 0.365. The average Bonchev–Trinajstić information content (AvgIpc) is 3.73. The van der Waals surface area contributed by atoms with Crippen LogP contribution in [0.25, 0.3) is 87.6 Å². The van der Waals surface area contributed by atoms with Crippen molar-refractivity contribution in [2.75, 3.05) is 0 Å². The van der Waals surface area contributed by atoms with E-state index in [9.17, 15) is 15.1 Å². The summed E-state index contributed by atoms with van der Waals surface area (Å²) in [7, 11) is 0. The predicted molar refractivity (Wildman–Crippen MR) is 183 cm³/mol. The standard InChI is InChI=1S/C42H26O/c1-2-12-31-27(10-1)11-9-18-32(31)28-20-22-29(23-21-28)41-35-14-3-5-16-37(35)42(38-17-6-4-15-36(38)41)30-24-25-34-33-13-7-8-19-39(33)43-40(34)26-30/h1-26H/i1D,2D,3D,4D,5D,6D,7D,8D,9D,10D,11D,12D,13D,14D,15D,16D,17D,18D,19D,20D,21D,22D,23D,24D,25D,26D. The lowest BCUT2D eigenvalue weighted by atomic mass is 9.85. The first-order chi connectivity index (χ1) is 32.2. The highest BCUT2D eigenvalue weighted by atomic mass is 16.3. The fraction of sp³-hybridized carbons (Fsp3) is 0. The molecule has 43 heavy (non-hydrogen) atoms. The molecular formula is C42H26O. The molecule has 0 aliphatic rings. The molecule has 0 saturated heterocycles.